The molecule has 146 valence electrons. The molecular formula is C19H25N3O5. The number of piperazine rings is 1. The standard InChI is InChI=1S/C19H25N3O5/c1-12-11-20(8-9-21(12)18(25)27-19(2,3)4)13-6-7-14-15(10-13)17(24)22(26-5)16(14)23/h6-7,10,12H,8-9,11H2,1-5H3/t12-/m0/s1. The zero-order chi connectivity index (χ0) is 19.9. The summed E-state index contributed by atoms with van der Waals surface area (Å²) in [4.78, 5) is 45.5. The van der Waals surface area contributed by atoms with Crippen molar-refractivity contribution in [1.82, 2.24) is 9.96 Å². The minimum Gasteiger partial charge on any atom is -0.444 e. The molecule has 0 aromatic heterocycles. The summed E-state index contributed by atoms with van der Waals surface area (Å²) in [5.41, 5.74) is 0.977. The molecule has 1 aromatic carbocycles. The fraction of sp³-hybridized carbons (Fsp3) is 0.526. The number of fused-ring (bicyclic) bond motifs is 1. The lowest BCUT2D eigenvalue weighted by Crippen LogP contribution is -2.55. The van der Waals surface area contributed by atoms with Crippen molar-refractivity contribution in [2.45, 2.75) is 39.3 Å². The average molecular weight is 375 g/mol. The summed E-state index contributed by atoms with van der Waals surface area (Å²) in [7, 11) is 1.29. The second-order valence-corrected chi connectivity index (χ2v) is 7.79. The molecule has 8 nitrogen and oxygen atoms in total. The molecule has 2 aliphatic heterocycles. The lowest BCUT2D eigenvalue weighted by molar-refractivity contribution is -0.0645. The van der Waals surface area contributed by atoms with E-state index in [0.29, 0.717) is 30.8 Å². The van der Waals surface area contributed by atoms with Crippen LogP contribution in [0.1, 0.15) is 48.4 Å². The van der Waals surface area contributed by atoms with Gasteiger partial charge in [-0.3, -0.25) is 14.4 Å². The maximum Gasteiger partial charge on any atom is 0.410 e. The molecule has 1 atom stereocenters. The van der Waals surface area contributed by atoms with Crippen molar-refractivity contribution >= 4 is 23.6 Å². The van der Waals surface area contributed by atoms with Crippen LogP contribution in [-0.4, -0.2) is 66.3 Å². The Balaban J connectivity index is 1.74. The maximum atomic E-state index is 12.4. The van der Waals surface area contributed by atoms with E-state index >= 15 is 0 Å². The second kappa shape index (κ2) is 6.84. The van der Waals surface area contributed by atoms with Gasteiger partial charge in [-0.05, 0) is 45.9 Å². The lowest BCUT2D eigenvalue weighted by Gasteiger charge is -2.41. The van der Waals surface area contributed by atoms with Crippen LogP contribution in [0.2, 0.25) is 0 Å². The normalized spacial score (nSPS) is 20.2. The van der Waals surface area contributed by atoms with Crippen molar-refractivity contribution < 1.29 is 24.0 Å². The third-order valence-electron chi connectivity index (χ3n) is 4.64. The molecule has 0 unspecified atom stereocenters. The zero-order valence-electron chi connectivity index (χ0n) is 16.3. The molecule has 1 fully saturated rings. The Labute approximate surface area is 158 Å². The smallest absolute Gasteiger partial charge is 0.410 e. The zero-order valence-corrected chi connectivity index (χ0v) is 16.3. The molecular weight excluding hydrogens is 350 g/mol. The SMILES string of the molecule is CON1C(=O)c2ccc(N3CCN(C(=O)OC(C)(C)C)[C@@H](C)C3)cc2C1=O. The van der Waals surface area contributed by atoms with E-state index in [0.717, 1.165) is 10.8 Å². The highest BCUT2D eigenvalue weighted by molar-refractivity contribution is 6.20. The number of hydroxylamine groups is 2. The number of hydrogen-bond donors (Lipinski definition) is 0. The molecule has 0 bridgehead atoms. The number of rotatable bonds is 2. The topological polar surface area (TPSA) is 79.4 Å². The van der Waals surface area contributed by atoms with E-state index in [2.05, 4.69) is 4.90 Å². The monoisotopic (exact) mass is 375 g/mol. The number of anilines is 1. The lowest BCUT2D eigenvalue weighted by atomic mass is 10.1. The van der Waals surface area contributed by atoms with Crippen LogP contribution in [0.4, 0.5) is 10.5 Å². The van der Waals surface area contributed by atoms with E-state index in [4.69, 9.17) is 9.57 Å². The van der Waals surface area contributed by atoms with Gasteiger partial charge in [-0.25, -0.2) is 4.79 Å². The first-order valence-corrected chi connectivity index (χ1v) is 8.94. The Hall–Kier alpha value is -2.61. The highest BCUT2D eigenvalue weighted by Gasteiger charge is 2.37. The summed E-state index contributed by atoms with van der Waals surface area (Å²) in [5, 5.41) is 0.761. The fourth-order valence-corrected chi connectivity index (χ4v) is 3.35. The number of nitrogens with zero attached hydrogens (tertiary/aromatic N) is 3. The van der Waals surface area contributed by atoms with Crippen molar-refractivity contribution in [3.63, 3.8) is 0 Å². The van der Waals surface area contributed by atoms with Crippen LogP contribution in [0.25, 0.3) is 0 Å². The van der Waals surface area contributed by atoms with Crippen molar-refractivity contribution in [2.75, 3.05) is 31.6 Å². The largest absolute Gasteiger partial charge is 0.444 e. The summed E-state index contributed by atoms with van der Waals surface area (Å²) in [6, 6.07) is 5.13. The Kier molecular flexibility index (Phi) is 4.86. The molecule has 8 heteroatoms. The van der Waals surface area contributed by atoms with Gasteiger partial charge in [0.05, 0.1) is 18.2 Å². The first kappa shape index (κ1) is 19.2. The van der Waals surface area contributed by atoms with Crippen molar-refractivity contribution in [1.29, 1.82) is 0 Å². The van der Waals surface area contributed by atoms with Gasteiger partial charge in [-0.15, -0.1) is 5.06 Å². The number of imide groups is 1. The van der Waals surface area contributed by atoms with Gasteiger partial charge in [0.25, 0.3) is 11.8 Å². The van der Waals surface area contributed by atoms with Gasteiger partial charge in [0, 0.05) is 31.4 Å². The Morgan fingerprint density at radius 1 is 1.11 bits per heavy atom. The molecule has 0 saturated carbocycles. The molecule has 0 spiro atoms. The summed E-state index contributed by atoms with van der Waals surface area (Å²) in [6.07, 6.45) is -0.319. The van der Waals surface area contributed by atoms with Gasteiger partial charge in [0.1, 0.15) is 5.60 Å². The van der Waals surface area contributed by atoms with Crippen LogP contribution in [0.15, 0.2) is 18.2 Å². The summed E-state index contributed by atoms with van der Waals surface area (Å²) in [5.74, 6) is -0.910. The van der Waals surface area contributed by atoms with E-state index in [1.807, 2.05) is 33.8 Å². The van der Waals surface area contributed by atoms with Gasteiger partial charge in [-0.1, -0.05) is 0 Å². The number of hydrogen-bond acceptors (Lipinski definition) is 6. The molecule has 1 aromatic rings. The van der Waals surface area contributed by atoms with Crippen molar-refractivity contribution in [3.8, 4) is 0 Å². The predicted molar refractivity (Wildman–Crippen MR) is 98.6 cm³/mol. The van der Waals surface area contributed by atoms with Gasteiger partial charge >= 0.3 is 6.09 Å². The molecule has 0 radical (unpaired) electrons. The minimum absolute atomic E-state index is 0.0466. The van der Waals surface area contributed by atoms with E-state index in [1.54, 1.807) is 17.0 Å². The van der Waals surface area contributed by atoms with Crippen LogP contribution in [-0.2, 0) is 9.57 Å². The summed E-state index contributed by atoms with van der Waals surface area (Å²) >= 11 is 0. The Bertz CT molecular complexity index is 786. The fourth-order valence-electron chi connectivity index (χ4n) is 3.35. The van der Waals surface area contributed by atoms with Crippen LogP contribution in [0.3, 0.4) is 0 Å². The van der Waals surface area contributed by atoms with E-state index in [-0.39, 0.29) is 12.1 Å². The molecule has 2 heterocycles. The van der Waals surface area contributed by atoms with Crippen molar-refractivity contribution in [3.05, 3.63) is 29.3 Å². The summed E-state index contributed by atoms with van der Waals surface area (Å²) < 4.78 is 5.47. The third kappa shape index (κ3) is 3.62. The minimum atomic E-state index is -0.534. The highest BCUT2D eigenvalue weighted by Crippen LogP contribution is 2.29. The number of benzene rings is 1. The van der Waals surface area contributed by atoms with Gasteiger partial charge in [0.2, 0.25) is 0 Å². The maximum absolute atomic E-state index is 12.4. The van der Waals surface area contributed by atoms with Crippen LogP contribution < -0.4 is 4.90 Å². The van der Waals surface area contributed by atoms with E-state index in [1.165, 1.54) is 7.11 Å². The molecule has 3 amide bonds. The quantitative estimate of drug-likeness (QED) is 0.738. The van der Waals surface area contributed by atoms with E-state index < -0.39 is 17.4 Å². The summed E-state index contributed by atoms with van der Waals surface area (Å²) in [6.45, 7) is 9.23. The number of ether oxygens (including phenoxy) is 1. The highest BCUT2D eigenvalue weighted by atomic mass is 16.7. The number of amides is 3. The Morgan fingerprint density at radius 2 is 1.78 bits per heavy atom. The number of carbonyl (C=O) groups is 3. The number of carbonyl (C=O) groups excluding carboxylic acids is 3. The molecule has 3 rings (SSSR count). The molecule has 1 saturated heterocycles. The Morgan fingerprint density at radius 3 is 2.37 bits per heavy atom. The average Bonchev–Trinajstić information content (AvgIpc) is 2.83. The first-order chi connectivity index (χ1) is 12.6. The van der Waals surface area contributed by atoms with Gasteiger partial charge in [0.15, 0.2) is 0 Å². The van der Waals surface area contributed by atoms with Crippen LogP contribution in [0, 0.1) is 0 Å². The second-order valence-electron chi connectivity index (χ2n) is 7.79. The van der Waals surface area contributed by atoms with E-state index in [9.17, 15) is 14.4 Å². The van der Waals surface area contributed by atoms with Crippen LogP contribution in [0.5, 0.6) is 0 Å². The predicted octanol–water partition coefficient (Wildman–Crippen LogP) is 2.29. The van der Waals surface area contributed by atoms with Crippen molar-refractivity contribution in [2.24, 2.45) is 0 Å². The third-order valence-corrected chi connectivity index (χ3v) is 4.64. The molecule has 0 aliphatic carbocycles. The molecule has 2 aliphatic rings. The molecule has 27 heavy (non-hydrogen) atoms. The van der Waals surface area contributed by atoms with Gasteiger partial charge < -0.3 is 14.5 Å². The van der Waals surface area contributed by atoms with Gasteiger partial charge in [-0.2, -0.15) is 0 Å². The first-order valence-electron chi connectivity index (χ1n) is 8.94. The molecule has 0 N–H and O–H groups in total. The van der Waals surface area contributed by atoms with Crippen LogP contribution >= 0.6 is 0 Å².